The summed E-state index contributed by atoms with van der Waals surface area (Å²) >= 11 is 15.6. The number of ether oxygens (including phenoxy) is 1. The van der Waals surface area contributed by atoms with E-state index < -0.39 is 5.91 Å². The number of hydrogen-bond donors (Lipinski definition) is 1. The van der Waals surface area contributed by atoms with Crippen molar-refractivity contribution in [3.8, 4) is 11.8 Å². The molecule has 156 valence electrons. The van der Waals surface area contributed by atoms with Crippen LogP contribution in [0.2, 0.25) is 10.0 Å². The third-order valence-electron chi connectivity index (χ3n) is 4.31. The van der Waals surface area contributed by atoms with Crippen LogP contribution < -0.4 is 10.1 Å². The fourth-order valence-corrected chi connectivity index (χ4v) is 3.62. The van der Waals surface area contributed by atoms with E-state index in [-0.39, 0.29) is 12.2 Å². The Morgan fingerprint density at radius 2 is 1.97 bits per heavy atom. The number of benzene rings is 3. The smallest absolute Gasteiger partial charge is 0.266 e. The Labute approximate surface area is 199 Å². The van der Waals surface area contributed by atoms with Gasteiger partial charge in [0, 0.05) is 31.3 Å². The molecule has 0 saturated heterocycles. The van der Waals surface area contributed by atoms with Crippen LogP contribution in [0.4, 0.5) is 5.69 Å². The molecule has 0 unspecified atom stereocenters. The molecule has 0 bridgehead atoms. The summed E-state index contributed by atoms with van der Waals surface area (Å²) in [6.45, 7) is 2.13. The number of carbonyl (C=O) groups is 1. The predicted octanol–water partition coefficient (Wildman–Crippen LogP) is 7.19. The zero-order chi connectivity index (χ0) is 22.4. The molecule has 0 heterocycles. The first-order chi connectivity index (χ1) is 14.9. The molecule has 0 fully saturated rings. The monoisotopic (exact) mass is 514 g/mol. The largest absolute Gasteiger partial charge is 0.488 e. The first-order valence-electron chi connectivity index (χ1n) is 9.22. The summed E-state index contributed by atoms with van der Waals surface area (Å²) in [5.41, 5.74) is 2.92. The Morgan fingerprint density at radius 1 is 1.16 bits per heavy atom. The molecule has 3 rings (SSSR count). The maximum absolute atomic E-state index is 12.6. The van der Waals surface area contributed by atoms with Crippen LogP contribution in [0.1, 0.15) is 16.7 Å². The zero-order valence-corrected chi connectivity index (χ0v) is 19.6. The predicted molar refractivity (Wildman–Crippen MR) is 128 cm³/mol. The zero-order valence-electron chi connectivity index (χ0n) is 16.5. The summed E-state index contributed by atoms with van der Waals surface area (Å²) in [7, 11) is 0. The molecule has 0 aromatic heterocycles. The standard InChI is InChI=1S/C24H17BrCl2N2O2/c1-15-3-2-4-21(9-15)29-24(30)18(13-28)10-17-11-19(25)6-8-23(17)31-14-16-5-7-20(26)12-22(16)27/h2-12H,14H2,1H3,(H,29,30)/b18-10+. The Hall–Kier alpha value is -2.78. The molecular formula is C24H17BrCl2N2O2. The molecule has 3 aromatic carbocycles. The van der Waals surface area contributed by atoms with E-state index in [1.165, 1.54) is 6.08 Å². The summed E-state index contributed by atoms with van der Waals surface area (Å²) in [5, 5.41) is 13.3. The number of nitrogens with zero attached hydrogens (tertiary/aromatic N) is 1. The summed E-state index contributed by atoms with van der Waals surface area (Å²) in [4.78, 5) is 12.6. The van der Waals surface area contributed by atoms with Crippen molar-refractivity contribution < 1.29 is 9.53 Å². The molecular weight excluding hydrogens is 499 g/mol. The highest BCUT2D eigenvalue weighted by atomic mass is 79.9. The number of aryl methyl sites for hydroxylation is 1. The minimum absolute atomic E-state index is 0.0472. The quantitative estimate of drug-likeness (QED) is 0.279. The Morgan fingerprint density at radius 3 is 2.68 bits per heavy atom. The van der Waals surface area contributed by atoms with Crippen molar-refractivity contribution in [2.24, 2.45) is 0 Å². The average molecular weight is 516 g/mol. The van der Waals surface area contributed by atoms with Gasteiger partial charge in [-0.3, -0.25) is 4.79 Å². The molecule has 7 heteroatoms. The van der Waals surface area contributed by atoms with Crippen LogP contribution >= 0.6 is 39.1 Å². The maximum atomic E-state index is 12.6. The minimum Gasteiger partial charge on any atom is -0.488 e. The van der Waals surface area contributed by atoms with Crippen molar-refractivity contribution in [1.82, 2.24) is 0 Å². The normalized spacial score (nSPS) is 11.0. The molecule has 3 aromatic rings. The van der Waals surface area contributed by atoms with Crippen LogP contribution in [0.25, 0.3) is 6.08 Å². The summed E-state index contributed by atoms with van der Waals surface area (Å²) in [6, 6.07) is 19.8. The maximum Gasteiger partial charge on any atom is 0.266 e. The SMILES string of the molecule is Cc1cccc(NC(=O)/C(C#N)=C/c2cc(Br)ccc2OCc2ccc(Cl)cc2Cl)c1. The van der Waals surface area contributed by atoms with Gasteiger partial charge in [-0.1, -0.05) is 57.3 Å². The second kappa shape index (κ2) is 10.5. The number of halogens is 3. The highest BCUT2D eigenvalue weighted by molar-refractivity contribution is 9.10. The molecule has 31 heavy (non-hydrogen) atoms. The number of anilines is 1. The Balaban J connectivity index is 1.84. The van der Waals surface area contributed by atoms with Crippen LogP contribution in [0.5, 0.6) is 5.75 Å². The van der Waals surface area contributed by atoms with Crippen LogP contribution in [0.3, 0.4) is 0 Å². The lowest BCUT2D eigenvalue weighted by Gasteiger charge is -2.12. The van der Waals surface area contributed by atoms with Gasteiger partial charge < -0.3 is 10.1 Å². The molecule has 0 radical (unpaired) electrons. The lowest BCUT2D eigenvalue weighted by molar-refractivity contribution is -0.112. The number of nitriles is 1. The number of nitrogens with one attached hydrogen (secondary N) is 1. The van der Waals surface area contributed by atoms with E-state index in [2.05, 4.69) is 21.2 Å². The lowest BCUT2D eigenvalue weighted by Crippen LogP contribution is -2.13. The van der Waals surface area contributed by atoms with Gasteiger partial charge in [-0.15, -0.1) is 0 Å². The first kappa shape index (κ1) is 22.9. The Bertz CT molecular complexity index is 1200. The molecule has 0 aliphatic carbocycles. The van der Waals surface area contributed by atoms with Gasteiger partial charge in [0.15, 0.2) is 0 Å². The number of hydrogen-bond acceptors (Lipinski definition) is 3. The van der Waals surface area contributed by atoms with Crippen molar-refractivity contribution in [3.05, 3.63) is 97.4 Å². The van der Waals surface area contributed by atoms with Crippen molar-refractivity contribution in [2.45, 2.75) is 13.5 Å². The molecule has 1 amide bonds. The van der Waals surface area contributed by atoms with Gasteiger partial charge in [0.2, 0.25) is 0 Å². The van der Waals surface area contributed by atoms with E-state index in [0.29, 0.717) is 27.0 Å². The number of carbonyl (C=O) groups excluding carboxylic acids is 1. The summed E-state index contributed by atoms with van der Waals surface area (Å²) < 4.78 is 6.71. The van der Waals surface area contributed by atoms with E-state index >= 15 is 0 Å². The molecule has 0 spiro atoms. The van der Waals surface area contributed by atoms with E-state index in [1.807, 2.05) is 37.3 Å². The topological polar surface area (TPSA) is 62.1 Å². The fraction of sp³-hybridized carbons (Fsp3) is 0.0833. The van der Waals surface area contributed by atoms with Crippen molar-refractivity contribution in [1.29, 1.82) is 5.26 Å². The molecule has 4 nitrogen and oxygen atoms in total. The average Bonchev–Trinajstić information content (AvgIpc) is 2.72. The van der Waals surface area contributed by atoms with E-state index in [9.17, 15) is 10.1 Å². The number of rotatable bonds is 6. The van der Waals surface area contributed by atoms with Crippen LogP contribution in [0.15, 0.2) is 70.7 Å². The summed E-state index contributed by atoms with van der Waals surface area (Å²) in [6.07, 6.45) is 1.49. The lowest BCUT2D eigenvalue weighted by atomic mass is 10.1. The van der Waals surface area contributed by atoms with Crippen LogP contribution in [-0.4, -0.2) is 5.91 Å². The second-order valence-electron chi connectivity index (χ2n) is 6.70. The Kier molecular flexibility index (Phi) is 7.75. The van der Waals surface area contributed by atoms with Gasteiger partial charge in [0.25, 0.3) is 5.91 Å². The van der Waals surface area contributed by atoms with Gasteiger partial charge in [0.05, 0.1) is 0 Å². The van der Waals surface area contributed by atoms with Crippen molar-refractivity contribution >= 4 is 56.8 Å². The molecule has 0 saturated carbocycles. The van der Waals surface area contributed by atoms with Gasteiger partial charge in [-0.2, -0.15) is 5.26 Å². The number of amides is 1. The molecule has 0 atom stereocenters. The third kappa shape index (κ3) is 6.35. The first-order valence-corrected chi connectivity index (χ1v) is 10.8. The second-order valence-corrected chi connectivity index (χ2v) is 8.46. The van der Waals surface area contributed by atoms with Gasteiger partial charge in [-0.05, 0) is 61.0 Å². The van der Waals surface area contributed by atoms with Crippen LogP contribution in [-0.2, 0) is 11.4 Å². The summed E-state index contributed by atoms with van der Waals surface area (Å²) in [5.74, 6) is 0.00472. The fourth-order valence-electron chi connectivity index (χ4n) is 2.78. The van der Waals surface area contributed by atoms with Crippen molar-refractivity contribution in [2.75, 3.05) is 5.32 Å². The van der Waals surface area contributed by atoms with Gasteiger partial charge >= 0.3 is 0 Å². The molecule has 0 aliphatic heterocycles. The van der Waals surface area contributed by atoms with E-state index in [4.69, 9.17) is 27.9 Å². The molecule has 0 aliphatic rings. The van der Waals surface area contributed by atoms with Crippen LogP contribution in [0, 0.1) is 18.3 Å². The molecule has 1 N–H and O–H groups in total. The van der Waals surface area contributed by atoms with E-state index in [0.717, 1.165) is 15.6 Å². The highest BCUT2D eigenvalue weighted by Gasteiger charge is 2.13. The van der Waals surface area contributed by atoms with Gasteiger partial charge in [-0.25, -0.2) is 0 Å². The highest BCUT2D eigenvalue weighted by Crippen LogP contribution is 2.28. The third-order valence-corrected chi connectivity index (χ3v) is 5.39. The minimum atomic E-state index is -0.500. The van der Waals surface area contributed by atoms with Gasteiger partial charge in [0.1, 0.15) is 24.0 Å². The van der Waals surface area contributed by atoms with Crippen molar-refractivity contribution in [3.63, 3.8) is 0 Å². The van der Waals surface area contributed by atoms with E-state index in [1.54, 1.807) is 36.4 Å².